The van der Waals surface area contributed by atoms with Gasteiger partial charge in [0, 0.05) is 32.4 Å². The molecule has 102 valence electrons. The molecular formula is C12H15BrN4OS. The van der Waals surface area contributed by atoms with Crippen LogP contribution in [-0.2, 0) is 18.4 Å². The van der Waals surface area contributed by atoms with Crippen LogP contribution in [-0.4, -0.2) is 27.6 Å². The summed E-state index contributed by atoms with van der Waals surface area (Å²) >= 11 is 5.01. The molecule has 2 rings (SSSR count). The number of aromatic nitrogens is 2. The Balaban J connectivity index is 2.02. The summed E-state index contributed by atoms with van der Waals surface area (Å²) in [5, 5.41) is 6.05. The van der Waals surface area contributed by atoms with Crippen molar-refractivity contribution in [3.05, 3.63) is 38.8 Å². The number of carbonyl (C=O) groups is 1. The minimum Gasteiger partial charge on any atom is -0.340 e. The van der Waals surface area contributed by atoms with Gasteiger partial charge in [0.15, 0.2) is 0 Å². The third kappa shape index (κ3) is 3.43. The molecule has 0 aliphatic carbocycles. The fraction of sp³-hybridized carbons (Fsp3) is 0.333. The van der Waals surface area contributed by atoms with Crippen LogP contribution in [0.4, 0.5) is 0 Å². The Hall–Kier alpha value is -1.18. The topological polar surface area (TPSA) is 64.2 Å². The molecule has 0 spiro atoms. The van der Waals surface area contributed by atoms with Gasteiger partial charge in [0.2, 0.25) is 5.91 Å². The minimum absolute atomic E-state index is 0.115. The number of halogens is 1. The standard InChI is InChI=1S/C12H15BrN4OS/c1-16(5-8-3-10(13)19-7-8)12(18)11(14)9-4-15-17(2)6-9/h3-4,6-7,11H,5,14H2,1-2H3. The van der Waals surface area contributed by atoms with Gasteiger partial charge in [0.1, 0.15) is 6.04 Å². The van der Waals surface area contributed by atoms with Gasteiger partial charge in [-0.05, 0) is 32.9 Å². The molecule has 7 heteroatoms. The highest BCUT2D eigenvalue weighted by molar-refractivity contribution is 9.11. The molecule has 2 aromatic rings. The Morgan fingerprint density at radius 1 is 1.68 bits per heavy atom. The van der Waals surface area contributed by atoms with Gasteiger partial charge in [-0.3, -0.25) is 9.48 Å². The molecular weight excluding hydrogens is 328 g/mol. The molecule has 0 saturated heterocycles. The maximum Gasteiger partial charge on any atom is 0.244 e. The van der Waals surface area contributed by atoms with E-state index in [0.717, 1.165) is 14.9 Å². The van der Waals surface area contributed by atoms with Gasteiger partial charge in [-0.15, -0.1) is 11.3 Å². The number of likely N-dealkylation sites (N-methyl/N-ethyl adjacent to an activating group) is 1. The van der Waals surface area contributed by atoms with Crippen LogP contribution in [0.5, 0.6) is 0 Å². The maximum absolute atomic E-state index is 12.2. The monoisotopic (exact) mass is 342 g/mol. The first-order chi connectivity index (χ1) is 8.97. The van der Waals surface area contributed by atoms with Gasteiger partial charge in [-0.2, -0.15) is 5.10 Å². The summed E-state index contributed by atoms with van der Waals surface area (Å²) in [6, 6.07) is 1.34. The maximum atomic E-state index is 12.2. The Labute approximate surface area is 124 Å². The van der Waals surface area contributed by atoms with Crippen LogP contribution < -0.4 is 5.73 Å². The summed E-state index contributed by atoms with van der Waals surface area (Å²) in [6.07, 6.45) is 3.38. The van der Waals surface area contributed by atoms with E-state index in [1.165, 1.54) is 0 Å². The highest BCUT2D eigenvalue weighted by Gasteiger charge is 2.21. The zero-order valence-electron chi connectivity index (χ0n) is 10.7. The summed E-state index contributed by atoms with van der Waals surface area (Å²) in [4.78, 5) is 13.9. The number of hydrogen-bond donors (Lipinski definition) is 1. The fourth-order valence-electron chi connectivity index (χ4n) is 1.76. The van der Waals surface area contributed by atoms with Gasteiger partial charge in [-0.25, -0.2) is 0 Å². The number of aryl methyl sites for hydroxylation is 1. The average molecular weight is 343 g/mol. The van der Waals surface area contributed by atoms with Crippen molar-refractivity contribution in [1.82, 2.24) is 14.7 Å². The number of carbonyl (C=O) groups excluding carboxylic acids is 1. The molecule has 0 fully saturated rings. The number of nitrogens with zero attached hydrogens (tertiary/aromatic N) is 3. The third-order valence-electron chi connectivity index (χ3n) is 2.77. The molecule has 2 aromatic heterocycles. The molecule has 0 saturated carbocycles. The Kier molecular flexibility index (Phi) is 4.38. The molecule has 0 aliphatic rings. The summed E-state index contributed by atoms with van der Waals surface area (Å²) in [7, 11) is 3.55. The van der Waals surface area contributed by atoms with Crippen LogP contribution in [0.1, 0.15) is 17.2 Å². The van der Waals surface area contributed by atoms with Crippen LogP contribution in [0, 0.1) is 0 Å². The number of rotatable bonds is 4. The van der Waals surface area contributed by atoms with Gasteiger partial charge in [0.05, 0.1) is 9.98 Å². The second kappa shape index (κ2) is 5.85. The van der Waals surface area contributed by atoms with E-state index in [0.29, 0.717) is 6.54 Å². The zero-order valence-corrected chi connectivity index (χ0v) is 13.1. The van der Waals surface area contributed by atoms with E-state index in [4.69, 9.17) is 5.73 Å². The van der Waals surface area contributed by atoms with Crippen molar-refractivity contribution in [3.63, 3.8) is 0 Å². The SMILES string of the molecule is CN(Cc1csc(Br)c1)C(=O)C(N)c1cnn(C)c1. The lowest BCUT2D eigenvalue weighted by molar-refractivity contribution is -0.131. The number of hydrogen-bond acceptors (Lipinski definition) is 4. The summed E-state index contributed by atoms with van der Waals surface area (Å²) in [6.45, 7) is 0.550. The summed E-state index contributed by atoms with van der Waals surface area (Å²) in [5.41, 5.74) is 7.78. The third-order valence-corrected chi connectivity index (χ3v) is 4.32. The van der Waals surface area contributed by atoms with Gasteiger partial charge < -0.3 is 10.6 Å². The first-order valence-corrected chi connectivity index (χ1v) is 7.36. The van der Waals surface area contributed by atoms with Crippen molar-refractivity contribution in [2.24, 2.45) is 12.8 Å². The van der Waals surface area contributed by atoms with E-state index >= 15 is 0 Å². The van der Waals surface area contributed by atoms with E-state index < -0.39 is 6.04 Å². The molecule has 19 heavy (non-hydrogen) atoms. The van der Waals surface area contributed by atoms with Crippen LogP contribution in [0.15, 0.2) is 27.6 Å². The predicted molar refractivity (Wildman–Crippen MR) is 78.6 cm³/mol. The molecule has 1 atom stereocenters. The highest BCUT2D eigenvalue weighted by Crippen LogP contribution is 2.22. The van der Waals surface area contributed by atoms with Gasteiger partial charge in [-0.1, -0.05) is 0 Å². The van der Waals surface area contributed by atoms with Crippen molar-refractivity contribution in [2.75, 3.05) is 7.05 Å². The van der Waals surface area contributed by atoms with Gasteiger partial charge >= 0.3 is 0 Å². The lowest BCUT2D eigenvalue weighted by atomic mass is 10.1. The van der Waals surface area contributed by atoms with Crippen LogP contribution >= 0.6 is 27.3 Å². The molecule has 1 amide bonds. The first-order valence-electron chi connectivity index (χ1n) is 5.69. The van der Waals surface area contributed by atoms with Crippen molar-refractivity contribution < 1.29 is 4.79 Å². The Morgan fingerprint density at radius 3 is 2.95 bits per heavy atom. The molecule has 5 nitrogen and oxygen atoms in total. The van der Waals surface area contributed by atoms with Crippen LogP contribution in [0.2, 0.25) is 0 Å². The minimum atomic E-state index is -0.666. The summed E-state index contributed by atoms with van der Waals surface area (Å²) in [5.74, 6) is -0.115. The normalized spacial score (nSPS) is 12.4. The fourth-order valence-corrected chi connectivity index (χ4v) is 2.96. The molecule has 0 aromatic carbocycles. The van der Waals surface area contributed by atoms with E-state index in [-0.39, 0.29) is 5.91 Å². The second-order valence-electron chi connectivity index (χ2n) is 4.38. The van der Waals surface area contributed by atoms with Crippen molar-refractivity contribution in [3.8, 4) is 0 Å². The van der Waals surface area contributed by atoms with E-state index in [2.05, 4.69) is 21.0 Å². The average Bonchev–Trinajstić information content (AvgIpc) is 2.96. The van der Waals surface area contributed by atoms with E-state index in [1.807, 2.05) is 11.4 Å². The second-order valence-corrected chi connectivity index (χ2v) is 6.67. The first kappa shape index (κ1) is 14.2. The van der Waals surface area contributed by atoms with Crippen molar-refractivity contribution in [2.45, 2.75) is 12.6 Å². The molecule has 0 bridgehead atoms. The molecule has 0 aliphatic heterocycles. The van der Waals surface area contributed by atoms with E-state index in [9.17, 15) is 4.79 Å². The Bertz CT molecular complexity index is 580. The highest BCUT2D eigenvalue weighted by atomic mass is 79.9. The number of amides is 1. The Morgan fingerprint density at radius 2 is 2.42 bits per heavy atom. The summed E-state index contributed by atoms with van der Waals surface area (Å²) < 4.78 is 2.69. The van der Waals surface area contributed by atoms with Gasteiger partial charge in [0.25, 0.3) is 0 Å². The van der Waals surface area contributed by atoms with Crippen molar-refractivity contribution in [1.29, 1.82) is 0 Å². The van der Waals surface area contributed by atoms with Crippen LogP contribution in [0.3, 0.4) is 0 Å². The predicted octanol–water partition coefficient (Wildman–Crippen LogP) is 1.90. The quantitative estimate of drug-likeness (QED) is 0.922. The molecule has 0 radical (unpaired) electrons. The van der Waals surface area contributed by atoms with E-state index in [1.54, 1.807) is 47.4 Å². The molecule has 1 unspecified atom stereocenters. The lowest BCUT2D eigenvalue weighted by Crippen LogP contribution is -2.35. The smallest absolute Gasteiger partial charge is 0.244 e. The molecule has 2 N–H and O–H groups in total. The zero-order chi connectivity index (χ0) is 14.0. The molecule has 2 heterocycles. The number of thiophene rings is 1. The number of nitrogens with two attached hydrogens (primary N) is 1. The lowest BCUT2D eigenvalue weighted by Gasteiger charge is -2.20. The van der Waals surface area contributed by atoms with Crippen LogP contribution in [0.25, 0.3) is 0 Å². The van der Waals surface area contributed by atoms with Crippen molar-refractivity contribution >= 4 is 33.2 Å². The largest absolute Gasteiger partial charge is 0.340 e.